The van der Waals surface area contributed by atoms with E-state index >= 15 is 0 Å². The molecule has 0 unspecified atom stereocenters. The van der Waals surface area contributed by atoms with Crippen molar-refractivity contribution in [2.75, 3.05) is 0 Å². The number of H-pyrrole nitrogens is 3. The Balaban J connectivity index is 0.000000255. The average molecular weight is 471 g/mol. The van der Waals surface area contributed by atoms with Crippen LogP contribution in [0.1, 0.15) is 60.8 Å². The molecule has 0 aliphatic rings. The van der Waals surface area contributed by atoms with Crippen molar-refractivity contribution in [2.45, 2.75) is 34.6 Å². The van der Waals surface area contributed by atoms with E-state index in [0.717, 1.165) is 5.69 Å². The third-order valence-electron chi connectivity index (χ3n) is 4.36. The van der Waals surface area contributed by atoms with Crippen LogP contribution in [-0.2, 0) is 0 Å². The number of aromatic carboxylic acids is 2. The zero-order valence-electron chi connectivity index (χ0n) is 19.2. The van der Waals surface area contributed by atoms with Crippen LogP contribution in [0.4, 0.5) is 0 Å². The van der Waals surface area contributed by atoms with Gasteiger partial charge in [-0.2, -0.15) is 0 Å². The smallest absolute Gasteiger partial charge is 0.341 e. The fourth-order valence-corrected chi connectivity index (χ4v) is 2.87. The summed E-state index contributed by atoms with van der Waals surface area (Å²) in [4.78, 5) is 73.0. The SMILES string of the molecule is CC(=O)c1c(C)[nH]c(C)cc1=O.Cc1[nH]ccc(=O)c1C(=O)O.Cc1cc(=O)c(C(=O)O)c[nH]1. The summed E-state index contributed by atoms with van der Waals surface area (Å²) < 4.78 is 0. The highest BCUT2D eigenvalue weighted by atomic mass is 16.4. The van der Waals surface area contributed by atoms with E-state index in [1.165, 1.54) is 37.5 Å². The van der Waals surface area contributed by atoms with Crippen molar-refractivity contribution in [3.05, 3.63) is 101 Å². The number of carboxylic acid groups (broad SMARTS) is 2. The number of nitrogens with one attached hydrogen (secondary N) is 3. The van der Waals surface area contributed by atoms with Gasteiger partial charge in [0.15, 0.2) is 22.1 Å². The lowest BCUT2D eigenvalue weighted by molar-refractivity contribution is 0.0683. The third-order valence-corrected chi connectivity index (χ3v) is 4.36. The van der Waals surface area contributed by atoms with E-state index in [1.54, 1.807) is 27.7 Å². The number of aromatic nitrogens is 3. The third kappa shape index (κ3) is 7.55. The first-order chi connectivity index (χ1) is 15.8. The lowest BCUT2D eigenvalue weighted by Crippen LogP contribution is -2.16. The summed E-state index contributed by atoms with van der Waals surface area (Å²) in [7, 11) is 0. The number of hydrogen-bond acceptors (Lipinski definition) is 6. The Hall–Kier alpha value is -4.54. The lowest BCUT2D eigenvalue weighted by atomic mass is 10.1. The largest absolute Gasteiger partial charge is 0.477 e. The van der Waals surface area contributed by atoms with E-state index in [9.17, 15) is 28.8 Å². The fourth-order valence-electron chi connectivity index (χ4n) is 2.87. The predicted molar refractivity (Wildman–Crippen MR) is 124 cm³/mol. The van der Waals surface area contributed by atoms with E-state index < -0.39 is 22.8 Å². The summed E-state index contributed by atoms with van der Waals surface area (Å²) in [5.74, 6) is -2.58. The Morgan fingerprint density at radius 3 is 1.74 bits per heavy atom. The minimum absolute atomic E-state index is 0.186. The molecule has 0 aliphatic heterocycles. The van der Waals surface area contributed by atoms with Crippen LogP contribution in [0.2, 0.25) is 0 Å². The van der Waals surface area contributed by atoms with Crippen LogP contribution in [-0.4, -0.2) is 42.9 Å². The normalized spacial score (nSPS) is 9.68. The number of aryl methyl sites for hydroxylation is 4. The van der Waals surface area contributed by atoms with Crippen molar-refractivity contribution in [3.8, 4) is 0 Å². The summed E-state index contributed by atoms with van der Waals surface area (Å²) in [6.45, 7) is 8.15. The van der Waals surface area contributed by atoms with Crippen molar-refractivity contribution >= 4 is 17.7 Å². The van der Waals surface area contributed by atoms with Crippen LogP contribution in [0.5, 0.6) is 0 Å². The molecule has 3 aromatic heterocycles. The molecule has 180 valence electrons. The highest BCUT2D eigenvalue weighted by Gasteiger charge is 2.10. The van der Waals surface area contributed by atoms with Crippen LogP contribution in [0.3, 0.4) is 0 Å². The molecule has 3 rings (SSSR count). The van der Waals surface area contributed by atoms with Crippen molar-refractivity contribution in [1.82, 2.24) is 15.0 Å². The zero-order chi connectivity index (χ0) is 26.2. The van der Waals surface area contributed by atoms with Gasteiger partial charge in [-0.1, -0.05) is 0 Å². The second-order valence-corrected chi connectivity index (χ2v) is 7.22. The maximum absolute atomic E-state index is 11.3. The first kappa shape index (κ1) is 27.5. The highest BCUT2D eigenvalue weighted by Crippen LogP contribution is 2.01. The Labute approximate surface area is 193 Å². The molecule has 0 radical (unpaired) electrons. The van der Waals surface area contributed by atoms with Gasteiger partial charge in [-0.15, -0.1) is 0 Å². The Bertz CT molecular complexity index is 1390. The Morgan fingerprint density at radius 1 is 0.735 bits per heavy atom. The van der Waals surface area contributed by atoms with Crippen molar-refractivity contribution in [1.29, 1.82) is 0 Å². The van der Waals surface area contributed by atoms with Gasteiger partial charge in [-0.3, -0.25) is 19.2 Å². The van der Waals surface area contributed by atoms with Crippen LogP contribution >= 0.6 is 0 Å². The minimum atomic E-state index is -1.20. The standard InChI is InChI=1S/C9H11NO2.2C7H7NO3/c1-5-4-8(12)9(7(3)11)6(2)10-5;1-4-2-6(9)5(3-8-4)7(10)11;1-4-6(7(10)11)5(9)2-3-8-4/h4H,1-3H3,(H,10,12);2*2-3H,1H3,(H,8,9)(H,10,11). The average Bonchev–Trinajstić information content (AvgIpc) is 2.67. The quantitative estimate of drug-likeness (QED) is 0.358. The number of carbonyl (C=O) groups excluding carboxylic acids is 1. The van der Waals surface area contributed by atoms with Gasteiger partial charge >= 0.3 is 11.9 Å². The number of carboxylic acids is 2. The maximum Gasteiger partial charge on any atom is 0.341 e. The van der Waals surface area contributed by atoms with Crippen LogP contribution < -0.4 is 16.3 Å². The van der Waals surface area contributed by atoms with Gasteiger partial charge in [0, 0.05) is 53.4 Å². The zero-order valence-corrected chi connectivity index (χ0v) is 19.2. The molecule has 0 aliphatic carbocycles. The molecule has 0 aromatic carbocycles. The molecule has 0 fully saturated rings. The molecule has 3 aromatic rings. The molecule has 3 heterocycles. The molecule has 34 heavy (non-hydrogen) atoms. The summed E-state index contributed by atoms with van der Waals surface area (Å²) in [5, 5.41) is 17.0. The van der Waals surface area contributed by atoms with Gasteiger partial charge in [0.25, 0.3) is 0 Å². The molecule has 0 bridgehead atoms. The molecule has 0 spiro atoms. The second-order valence-electron chi connectivity index (χ2n) is 7.22. The van der Waals surface area contributed by atoms with Gasteiger partial charge in [0.2, 0.25) is 0 Å². The van der Waals surface area contributed by atoms with E-state index in [4.69, 9.17) is 10.2 Å². The summed E-state index contributed by atoms with van der Waals surface area (Å²) >= 11 is 0. The van der Waals surface area contributed by atoms with Crippen LogP contribution in [0.25, 0.3) is 0 Å². The minimum Gasteiger partial charge on any atom is -0.477 e. The number of pyridine rings is 3. The second kappa shape index (κ2) is 11.9. The van der Waals surface area contributed by atoms with Gasteiger partial charge in [-0.25, -0.2) is 9.59 Å². The summed E-state index contributed by atoms with van der Waals surface area (Å²) in [5.41, 5.74) is 1.18. The highest BCUT2D eigenvalue weighted by molar-refractivity contribution is 5.94. The molecular formula is C23H25N3O8. The van der Waals surface area contributed by atoms with Gasteiger partial charge in [0.1, 0.15) is 11.1 Å². The predicted octanol–water partition coefficient (Wildman–Crippen LogP) is 1.96. The van der Waals surface area contributed by atoms with E-state index in [0.29, 0.717) is 17.1 Å². The molecular weight excluding hydrogens is 446 g/mol. The van der Waals surface area contributed by atoms with E-state index in [1.807, 2.05) is 0 Å². The fraction of sp³-hybridized carbons (Fsp3) is 0.217. The van der Waals surface area contributed by atoms with E-state index in [-0.39, 0.29) is 27.9 Å². The maximum atomic E-state index is 11.3. The number of hydrogen-bond donors (Lipinski definition) is 5. The van der Waals surface area contributed by atoms with Crippen LogP contribution in [0, 0.1) is 27.7 Å². The number of aromatic amines is 3. The molecule has 0 saturated carbocycles. The molecule has 0 amide bonds. The van der Waals surface area contributed by atoms with Gasteiger partial charge < -0.3 is 25.2 Å². The van der Waals surface area contributed by atoms with Gasteiger partial charge in [0.05, 0.1) is 5.56 Å². The molecule has 11 heteroatoms. The molecule has 11 nitrogen and oxygen atoms in total. The monoisotopic (exact) mass is 471 g/mol. The Kier molecular flexibility index (Phi) is 9.63. The number of rotatable bonds is 3. The summed E-state index contributed by atoms with van der Waals surface area (Å²) in [6, 6.07) is 3.88. The molecule has 0 atom stereocenters. The number of ketones is 1. The van der Waals surface area contributed by atoms with Gasteiger partial charge in [-0.05, 0) is 34.6 Å². The summed E-state index contributed by atoms with van der Waals surface area (Å²) in [6.07, 6.45) is 2.62. The van der Waals surface area contributed by atoms with Crippen molar-refractivity contribution in [3.63, 3.8) is 0 Å². The molecule has 5 N–H and O–H groups in total. The molecule has 0 saturated heterocycles. The lowest BCUT2D eigenvalue weighted by Gasteiger charge is -2.01. The first-order valence-electron chi connectivity index (χ1n) is 9.81. The van der Waals surface area contributed by atoms with Crippen molar-refractivity contribution in [2.24, 2.45) is 0 Å². The van der Waals surface area contributed by atoms with E-state index in [2.05, 4.69) is 15.0 Å². The Morgan fingerprint density at radius 2 is 1.32 bits per heavy atom. The topological polar surface area (TPSA) is 190 Å². The number of Topliss-reactive ketones (excluding diaryl/α,β-unsaturated/α-hetero) is 1. The van der Waals surface area contributed by atoms with Crippen LogP contribution in [0.15, 0.2) is 45.0 Å². The first-order valence-corrected chi connectivity index (χ1v) is 9.81. The van der Waals surface area contributed by atoms with Crippen molar-refractivity contribution < 1.29 is 24.6 Å². The number of carbonyl (C=O) groups is 3.